The van der Waals surface area contributed by atoms with E-state index in [2.05, 4.69) is 15.5 Å². The molecule has 1 aromatic rings. The van der Waals surface area contributed by atoms with Crippen molar-refractivity contribution in [2.45, 2.75) is 20.3 Å². The van der Waals surface area contributed by atoms with Gasteiger partial charge >= 0.3 is 17.6 Å². The summed E-state index contributed by atoms with van der Waals surface area (Å²) >= 11 is 0. The lowest BCUT2D eigenvalue weighted by molar-refractivity contribution is -0.384. The SMILES string of the molecule is CCOC(=O)C/C(=N/Nc1ccncc1[N+](=O)[O-])C(=O)OCC. The molecule has 10 nitrogen and oxygen atoms in total. The fraction of sp³-hybridized carbons (Fsp3) is 0.385. The Morgan fingerprint density at radius 1 is 1.35 bits per heavy atom. The number of hydrazone groups is 1. The van der Waals surface area contributed by atoms with Gasteiger partial charge in [0.15, 0.2) is 5.71 Å². The first-order valence-electron chi connectivity index (χ1n) is 6.73. The summed E-state index contributed by atoms with van der Waals surface area (Å²) in [7, 11) is 0. The van der Waals surface area contributed by atoms with E-state index >= 15 is 0 Å². The number of nitro groups is 1. The predicted octanol–water partition coefficient (Wildman–Crippen LogP) is 1.27. The molecule has 0 saturated heterocycles. The summed E-state index contributed by atoms with van der Waals surface area (Å²) in [4.78, 5) is 37.1. The molecule has 0 fully saturated rings. The van der Waals surface area contributed by atoms with E-state index in [1.54, 1.807) is 13.8 Å². The van der Waals surface area contributed by atoms with Gasteiger partial charge in [-0.15, -0.1) is 0 Å². The molecule has 0 bridgehead atoms. The van der Waals surface area contributed by atoms with Crippen LogP contribution in [0, 0.1) is 10.1 Å². The van der Waals surface area contributed by atoms with Crippen molar-refractivity contribution in [2.75, 3.05) is 18.6 Å². The summed E-state index contributed by atoms with van der Waals surface area (Å²) in [5.74, 6) is -1.48. The summed E-state index contributed by atoms with van der Waals surface area (Å²) < 4.78 is 9.53. The Hall–Kier alpha value is -3.04. The number of anilines is 1. The molecule has 0 amide bonds. The zero-order chi connectivity index (χ0) is 17.2. The number of nitrogens with zero attached hydrogens (tertiary/aromatic N) is 3. The Morgan fingerprint density at radius 3 is 2.65 bits per heavy atom. The Bertz CT molecular complexity index is 616. The molecule has 1 aromatic heterocycles. The van der Waals surface area contributed by atoms with E-state index in [-0.39, 0.29) is 30.3 Å². The molecule has 0 aliphatic carbocycles. The largest absolute Gasteiger partial charge is 0.466 e. The average molecular weight is 324 g/mol. The second-order valence-corrected chi connectivity index (χ2v) is 4.02. The van der Waals surface area contributed by atoms with E-state index in [9.17, 15) is 19.7 Å². The summed E-state index contributed by atoms with van der Waals surface area (Å²) in [6.07, 6.45) is 1.94. The number of pyridine rings is 1. The van der Waals surface area contributed by atoms with Crippen molar-refractivity contribution >= 4 is 29.0 Å². The van der Waals surface area contributed by atoms with Crippen molar-refractivity contribution in [3.05, 3.63) is 28.6 Å². The third kappa shape index (κ3) is 5.69. The molecular formula is C13H16N4O6. The number of carbonyl (C=O) groups excluding carboxylic acids is 2. The highest BCUT2D eigenvalue weighted by molar-refractivity contribution is 6.39. The normalized spacial score (nSPS) is 10.8. The maximum atomic E-state index is 11.8. The number of rotatable bonds is 8. The predicted molar refractivity (Wildman–Crippen MR) is 79.8 cm³/mol. The van der Waals surface area contributed by atoms with E-state index in [0.29, 0.717) is 0 Å². The maximum absolute atomic E-state index is 11.8. The van der Waals surface area contributed by atoms with Crippen LogP contribution in [0.15, 0.2) is 23.6 Å². The molecule has 0 spiro atoms. The fourth-order valence-electron chi connectivity index (χ4n) is 1.47. The van der Waals surface area contributed by atoms with Crippen LogP contribution in [0.5, 0.6) is 0 Å². The average Bonchev–Trinajstić information content (AvgIpc) is 2.52. The zero-order valence-corrected chi connectivity index (χ0v) is 12.6. The molecular weight excluding hydrogens is 308 g/mol. The van der Waals surface area contributed by atoms with Crippen molar-refractivity contribution in [3.63, 3.8) is 0 Å². The molecule has 23 heavy (non-hydrogen) atoms. The number of aromatic nitrogens is 1. The summed E-state index contributed by atoms with van der Waals surface area (Å²) in [6.45, 7) is 3.47. The van der Waals surface area contributed by atoms with Gasteiger partial charge in [0, 0.05) is 6.20 Å². The van der Waals surface area contributed by atoms with Gasteiger partial charge in [-0.2, -0.15) is 5.10 Å². The highest BCUT2D eigenvalue weighted by Gasteiger charge is 2.19. The van der Waals surface area contributed by atoms with E-state index < -0.39 is 23.3 Å². The molecule has 0 saturated carbocycles. The molecule has 0 aliphatic rings. The van der Waals surface area contributed by atoms with Gasteiger partial charge in [-0.1, -0.05) is 0 Å². The second kappa shape index (κ2) is 9.07. The van der Waals surface area contributed by atoms with Gasteiger partial charge in [0.25, 0.3) is 0 Å². The standard InChI is InChI=1S/C13H16N4O6/c1-3-22-12(18)7-10(13(19)23-4-2)16-15-9-5-6-14-8-11(9)17(20)21/h5-6,8H,3-4,7H2,1-2H3,(H,14,15)/b16-10-. The van der Waals surface area contributed by atoms with E-state index in [4.69, 9.17) is 9.47 Å². The molecule has 0 radical (unpaired) electrons. The minimum Gasteiger partial charge on any atom is -0.466 e. The molecule has 0 unspecified atom stereocenters. The topological polar surface area (TPSA) is 133 Å². The van der Waals surface area contributed by atoms with Gasteiger partial charge in [-0.25, -0.2) is 4.79 Å². The number of carbonyl (C=O) groups is 2. The van der Waals surface area contributed by atoms with E-state index in [1.165, 1.54) is 12.3 Å². The summed E-state index contributed by atoms with van der Waals surface area (Å²) in [5, 5.41) is 14.6. The highest BCUT2D eigenvalue weighted by Crippen LogP contribution is 2.21. The van der Waals surface area contributed by atoms with Gasteiger partial charge in [0.2, 0.25) is 0 Å². The molecule has 124 valence electrons. The molecule has 0 atom stereocenters. The minimum atomic E-state index is -0.815. The van der Waals surface area contributed by atoms with Crippen LogP contribution in [0.4, 0.5) is 11.4 Å². The molecule has 1 heterocycles. The van der Waals surface area contributed by atoms with Gasteiger partial charge < -0.3 is 9.47 Å². The Labute approximate surface area is 131 Å². The minimum absolute atomic E-state index is 0.0238. The van der Waals surface area contributed by atoms with Crippen molar-refractivity contribution in [1.82, 2.24) is 4.98 Å². The molecule has 1 rings (SSSR count). The van der Waals surface area contributed by atoms with Gasteiger partial charge in [-0.3, -0.25) is 25.3 Å². The summed E-state index contributed by atoms with van der Waals surface area (Å²) in [5.41, 5.74) is 1.83. The first-order valence-corrected chi connectivity index (χ1v) is 6.73. The lowest BCUT2D eigenvalue weighted by Gasteiger charge is -2.07. The zero-order valence-electron chi connectivity index (χ0n) is 12.6. The number of nitrogens with one attached hydrogen (secondary N) is 1. The van der Waals surface area contributed by atoms with Crippen molar-refractivity contribution < 1.29 is 24.0 Å². The molecule has 10 heteroatoms. The Kier molecular flexibility index (Phi) is 7.11. The summed E-state index contributed by atoms with van der Waals surface area (Å²) in [6, 6.07) is 1.31. The number of ether oxygens (including phenoxy) is 2. The number of hydrogen-bond acceptors (Lipinski definition) is 9. The van der Waals surface area contributed by atoms with Gasteiger partial charge in [0.1, 0.15) is 11.9 Å². The van der Waals surface area contributed by atoms with Crippen molar-refractivity contribution in [2.24, 2.45) is 5.10 Å². The van der Waals surface area contributed by atoms with E-state index in [0.717, 1.165) is 6.20 Å². The third-order valence-corrected chi connectivity index (χ3v) is 2.44. The highest BCUT2D eigenvalue weighted by atomic mass is 16.6. The number of hydrogen-bond donors (Lipinski definition) is 1. The maximum Gasteiger partial charge on any atom is 0.355 e. The molecule has 0 aromatic carbocycles. The lowest BCUT2D eigenvalue weighted by Crippen LogP contribution is -2.23. The van der Waals surface area contributed by atoms with Gasteiger partial charge in [0.05, 0.1) is 24.6 Å². The molecule has 0 aliphatic heterocycles. The first kappa shape index (κ1) is 18.0. The fourth-order valence-corrected chi connectivity index (χ4v) is 1.47. The monoisotopic (exact) mass is 324 g/mol. The van der Waals surface area contributed by atoms with Crippen LogP contribution < -0.4 is 5.43 Å². The molecule has 1 N–H and O–H groups in total. The van der Waals surface area contributed by atoms with Crippen LogP contribution in [0.25, 0.3) is 0 Å². The third-order valence-electron chi connectivity index (χ3n) is 2.44. The van der Waals surface area contributed by atoms with E-state index in [1.807, 2.05) is 0 Å². The smallest absolute Gasteiger partial charge is 0.355 e. The quantitative estimate of drug-likeness (QED) is 0.327. The van der Waals surface area contributed by atoms with Crippen LogP contribution >= 0.6 is 0 Å². The lowest BCUT2D eigenvalue weighted by atomic mass is 10.3. The second-order valence-electron chi connectivity index (χ2n) is 4.02. The van der Waals surface area contributed by atoms with Crippen molar-refractivity contribution in [3.8, 4) is 0 Å². The van der Waals surface area contributed by atoms with Crippen LogP contribution in [-0.4, -0.2) is 40.8 Å². The van der Waals surface area contributed by atoms with Crippen LogP contribution in [0.3, 0.4) is 0 Å². The number of esters is 2. The Morgan fingerprint density at radius 2 is 2.04 bits per heavy atom. The van der Waals surface area contributed by atoms with Crippen LogP contribution in [0.1, 0.15) is 20.3 Å². The van der Waals surface area contributed by atoms with Gasteiger partial charge in [-0.05, 0) is 19.9 Å². The Balaban J connectivity index is 2.98. The first-order chi connectivity index (χ1) is 11.0. The van der Waals surface area contributed by atoms with Crippen LogP contribution in [-0.2, 0) is 19.1 Å². The van der Waals surface area contributed by atoms with Crippen LogP contribution in [0.2, 0.25) is 0 Å². The van der Waals surface area contributed by atoms with Crippen molar-refractivity contribution in [1.29, 1.82) is 0 Å².